The van der Waals surface area contributed by atoms with Crippen LogP contribution in [-0.4, -0.2) is 37.0 Å². The summed E-state index contributed by atoms with van der Waals surface area (Å²) >= 11 is 0. The summed E-state index contributed by atoms with van der Waals surface area (Å²) in [5.41, 5.74) is 0.958. The molecule has 3 nitrogen and oxygen atoms in total. The normalized spacial score (nSPS) is 19.6. The van der Waals surface area contributed by atoms with E-state index in [0.29, 0.717) is 12.5 Å². The molecule has 4 heteroatoms. The van der Waals surface area contributed by atoms with Crippen LogP contribution < -0.4 is 5.32 Å². The Kier molecular flexibility index (Phi) is 4.53. The molecular weight excluding hydrogens is 243 g/mol. The molecule has 2 rings (SSSR count). The highest BCUT2D eigenvalue weighted by Gasteiger charge is 2.22. The fraction of sp³-hybridized carbons (Fsp3) is 0.533. The lowest BCUT2D eigenvalue weighted by atomic mass is 10.1. The molecule has 0 aliphatic carbocycles. The monoisotopic (exact) mass is 264 g/mol. The van der Waals surface area contributed by atoms with E-state index in [1.54, 1.807) is 12.1 Å². The average Bonchev–Trinajstić information content (AvgIpc) is 2.84. The number of halogens is 1. The van der Waals surface area contributed by atoms with Gasteiger partial charge in [-0.1, -0.05) is 13.0 Å². The van der Waals surface area contributed by atoms with E-state index in [1.807, 2.05) is 6.92 Å². The second-order valence-corrected chi connectivity index (χ2v) is 5.24. The zero-order valence-electron chi connectivity index (χ0n) is 11.6. The van der Waals surface area contributed by atoms with Gasteiger partial charge < -0.3 is 10.2 Å². The number of benzene rings is 1. The molecular formula is C15H21FN2O. The molecule has 1 saturated heterocycles. The van der Waals surface area contributed by atoms with Crippen LogP contribution in [0.2, 0.25) is 0 Å². The van der Waals surface area contributed by atoms with Gasteiger partial charge in [-0.15, -0.1) is 0 Å². The van der Waals surface area contributed by atoms with Crippen molar-refractivity contribution in [3.8, 4) is 0 Å². The van der Waals surface area contributed by atoms with E-state index in [4.69, 9.17) is 0 Å². The van der Waals surface area contributed by atoms with Gasteiger partial charge in [0.25, 0.3) is 5.91 Å². The minimum Gasteiger partial charge on any atom is -0.352 e. The maximum atomic E-state index is 13.6. The third kappa shape index (κ3) is 3.53. The smallest absolute Gasteiger partial charge is 0.254 e. The number of aryl methyl sites for hydroxylation is 1. The minimum atomic E-state index is -0.445. The Morgan fingerprint density at radius 2 is 2.32 bits per heavy atom. The quantitative estimate of drug-likeness (QED) is 0.904. The van der Waals surface area contributed by atoms with E-state index in [-0.39, 0.29) is 11.5 Å². The van der Waals surface area contributed by atoms with Crippen molar-refractivity contribution >= 4 is 5.91 Å². The molecule has 0 aromatic heterocycles. The van der Waals surface area contributed by atoms with Crippen LogP contribution in [0.4, 0.5) is 4.39 Å². The van der Waals surface area contributed by atoms with Crippen molar-refractivity contribution in [3.63, 3.8) is 0 Å². The summed E-state index contributed by atoms with van der Waals surface area (Å²) in [6.07, 6.45) is 1.10. The van der Waals surface area contributed by atoms with Crippen molar-refractivity contribution in [2.45, 2.75) is 20.3 Å². The maximum absolute atomic E-state index is 13.6. The molecule has 1 heterocycles. The maximum Gasteiger partial charge on any atom is 0.254 e. The van der Waals surface area contributed by atoms with Crippen molar-refractivity contribution in [1.29, 1.82) is 0 Å². The first-order valence-corrected chi connectivity index (χ1v) is 6.87. The van der Waals surface area contributed by atoms with E-state index in [2.05, 4.69) is 17.1 Å². The summed E-state index contributed by atoms with van der Waals surface area (Å²) in [6, 6.07) is 4.70. The Balaban J connectivity index is 1.88. The Morgan fingerprint density at radius 1 is 1.53 bits per heavy atom. The molecule has 1 aromatic carbocycles. The molecule has 19 heavy (non-hydrogen) atoms. The molecule has 1 N–H and O–H groups in total. The van der Waals surface area contributed by atoms with Crippen LogP contribution in [-0.2, 0) is 0 Å². The molecule has 1 amide bonds. The van der Waals surface area contributed by atoms with Crippen LogP contribution in [0, 0.1) is 18.7 Å². The first-order chi connectivity index (χ1) is 9.10. The van der Waals surface area contributed by atoms with E-state index in [0.717, 1.165) is 31.6 Å². The fourth-order valence-electron chi connectivity index (χ4n) is 2.50. The number of carbonyl (C=O) groups is 1. The van der Waals surface area contributed by atoms with Gasteiger partial charge in [0, 0.05) is 13.1 Å². The SMILES string of the molecule is CCN1CCC(CNC(=O)c2ccc(C)cc2F)C1. The summed E-state index contributed by atoms with van der Waals surface area (Å²) in [5, 5.41) is 2.84. The molecule has 0 radical (unpaired) electrons. The van der Waals surface area contributed by atoms with Crippen molar-refractivity contribution in [1.82, 2.24) is 10.2 Å². The lowest BCUT2D eigenvalue weighted by Crippen LogP contribution is -2.31. The number of amides is 1. The number of hydrogen-bond acceptors (Lipinski definition) is 2. The number of nitrogens with one attached hydrogen (secondary N) is 1. The molecule has 0 saturated carbocycles. The van der Waals surface area contributed by atoms with Gasteiger partial charge in [0.1, 0.15) is 5.82 Å². The third-order valence-corrected chi connectivity index (χ3v) is 3.74. The summed E-state index contributed by atoms with van der Waals surface area (Å²) < 4.78 is 13.6. The molecule has 1 aromatic rings. The number of carbonyl (C=O) groups excluding carboxylic acids is 1. The van der Waals surface area contributed by atoms with Gasteiger partial charge in [-0.2, -0.15) is 0 Å². The summed E-state index contributed by atoms with van der Waals surface area (Å²) in [6.45, 7) is 7.74. The van der Waals surface area contributed by atoms with Crippen LogP contribution >= 0.6 is 0 Å². The van der Waals surface area contributed by atoms with Gasteiger partial charge in [-0.05, 0) is 50.0 Å². The van der Waals surface area contributed by atoms with E-state index in [9.17, 15) is 9.18 Å². The zero-order valence-corrected chi connectivity index (χ0v) is 11.6. The van der Waals surface area contributed by atoms with Gasteiger partial charge in [0.05, 0.1) is 5.56 Å². The third-order valence-electron chi connectivity index (χ3n) is 3.74. The highest BCUT2D eigenvalue weighted by Crippen LogP contribution is 2.15. The van der Waals surface area contributed by atoms with E-state index < -0.39 is 5.82 Å². The molecule has 1 atom stereocenters. The second-order valence-electron chi connectivity index (χ2n) is 5.24. The molecule has 104 valence electrons. The number of hydrogen-bond donors (Lipinski definition) is 1. The van der Waals surface area contributed by atoms with Crippen molar-refractivity contribution < 1.29 is 9.18 Å². The Hall–Kier alpha value is -1.42. The highest BCUT2D eigenvalue weighted by atomic mass is 19.1. The van der Waals surface area contributed by atoms with Crippen molar-refractivity contribution in [2.24, 2.45) is 5.92 Å². The Morgan fingerprint density at radius 3 is 2.95 bits per heavy atom. The van der Waals surface area contributed by atoms with Gasteiger partial charge in [0.2, 0.25) is 0 Å². The zero-order chi connectivity index (χ0) is 13.8. The van der Waals surface area contributed by atoms with Crippen molar-refractivity contribution in [3.05, 3.63) is 35.1 Å². The van der Waals surface area contributed by atoms with Crippen LogP contribution in [0.25, 0.3) is 0 Å². The number of rotatable bonds is 4. The van der Waals surface area contributed by atoms with E-state index in [1.165, 1.54) is 6.07 Å². The van der Waals surface area contributed by atoms with Gasteiger partial charge in [-0.3, -0.25) is 4.79 Å². The number of likely N-dealkylation sites (tertiary alicyclic amines) is 1. The largest absolute Gasteiger partial charge is 0.352 e. The average molecular weight is 264 g/mol. The topological polar surface area (TPSA) is 32.3 Å². The first kappa shape index (κ1) is 14.0. The lowest BCUT2D eigenvalue weighted by Gasteiger charge is -2.14. The lowest BCUT2D eigenvalue weighted by molar-refractivity contribution is 0.0943. The summed E-state index contributed by atoms with van der Waals surface area (Å²) in [4.78, 5) is 14.3. The minimum absolute atomic E-state index is 0.135. The van der Waals surface area contributed by atoms with Crippen LogP contribution in [0.3, 0.4) is 0 Å². The fourth-order valence-corrected chi connectivity index (χ4v) is 2.50. The predicted octanol–water partition coefficient (Wildman–Crippen LogP) is 2.21. The van der Waals surface area contributed by atoms with Gasteiger partial charge in [-0.25, -0.2) is 4.39 Å². The standard InChI is InChI=1S/C15H21FN2O/c1-3-18-7-6-12(10-18)9-17-15(19)13-5-4-11(2)8-14(13)16/h4-5,8,12H,3,6-7,9-10H2,1-2H3,(H,17,19). The predicted molar refractivity (Wildman–Crippen MR) is 73.7 cm³/mol. The van der Waals surface area contributed by atoms with Crippen LogP contribution in [0.1, 0.15) is 29.3 Å². The Bertz CT molecular complexity index is 461. The molecule has 1 aliphatic rings. The van der Waals surface area contributed by atoms with Crippen molar-refractivity contribution in [2.75, 3.05) is 26.2 Å². The summed E-state index contributed by atoms with van der Waals surface area (Å²) in [5.74, 6) is -0.274. The van der Waals surface area contributed by atoms with Crippen LogP contribution in [0.5, 0.6) is 0 Å². The van der Waals surface area contributed by atoms with Gasteiger partial charge >= 0.3 is 0 Å². The summed E-state index contributed by atoms with van der Waals surface area (Å²) in [7, 11) is 0. The Labute approximate surface area is 113 Å². The molecule has 0 bridgehead atoms. The van der Waals surface area contributed by atoms with Crippen LogP contribution in [0.15, 0.2) is 18.2 Å². The highest BCUT2D eigenvalue weighted by molar-refractivity contribution is 5.94. The molecule has 1 aliphatic heterocycles. The number of nitrogens with zero attached hydrogens (tertiary/aromatic N) is 1. The molecule has 1 unspecified atom stereocenters. The molecule has 1 fully saturated rings. The molecule has 0 spiro atoms. The van der Waals surface area contributed by atoms with Gasteiger partial charge in [0.15, 0.2) is 0 Å². The van der Waals surface area contributed by atoms with E-state index >= 15 is 0 Å². The second kappa shape index (κ2) is 6.15. The first-order valence-electron chi connectivity index (χ1n) is 6.87.